The van der Waals surface area contributed by atoms with Crippen LogP contribution in [0.15, 0.2) is 0 Å². The lowest BCUT2D eigenvalue weighted by atomic mass is 10.0. The summed E-state index contributed by atoms with van der Waals surface area (Å²) < 4.78 is 15.5. The van der Waals surface area contributed by atoms with E-state index in [2.05, 4.69) is 11.4 Å². The molecule has 0 saturated carbocycles. The van der Waals surface area contributed by atoms with Gasteiger partial charge < -0.3 is 14.2 Å². The Morgan fingerprint density at radius 3 is 2.24 bits per heavy atom. The molecular formula is C12H24N2O3. The number of methoxy groups -OCH3 is 1. The van der Waals surface area contributed by atoms with Gasteiger partial charge in [0, 0.05) is 20.1 Å². The largest absolute Gasteiger partial charge is 0.382 e. The maximum Gasteiger partial charge on any atom is 0.106 e. The summed E-state index contributed by atoms with van der Waals surface area (Å²) in [6.45, 7) is 7.52. The molecule has 100 valence electrons. The van der Waals surface area contributed by atoms with Crippen LogP contribution in [-0.4, -0.2) is 52.2 Å². The Morgan fingerprint density at radius 2 is 1.71 bits per heavy atom. The second-order valence-electron chi connectivity index (χ2n) is 3.94. The van der Waals surface area contributed by atoms with Gasteiger partial charge in [0.1, 0.15) is 5.54 Å². The van der Waals surface area contributed by atoms with Crippen molar-refractivity contribution in [2.45, 2.75) is 25.8 Å². The second kappa shape index (κ2) is 10.5. The third-order valence-corrected chi connectivity index (χ3v) is 2.36. The van der Waals surface area contributed by atoms with Crippen LogP contribution in [0.5, 0.6) is 0 Å². The number of nitriles is 1. The molecule has 1 N–H and O–H groups in total. The minimum absolute atomic E-state index is 0.494. The Bertz CT molecular complexity index is 218. The summed E-state index contributed by atoms with van der Waals surface area (Å²) in [4.78, 5) is 0. The Hall–Kier alpha value is -0.670. The van der Waals surface area contributed by atoms with Crippen LogP contribution in [0.1, 0.15) is 20.3 Å². The summed E-state index contributed by atoms with van der Waals surface area (Å²) in [5.74, 6) is 0. The van der Waals surface area contributed by atoms with E-state index in [0.717, 1.165) is 6.54 Å². The van der Waals surface area contributed by atoms with E-state index in [1.165, 1.54) is 0 Å². The molecule has 17 heavy (non-hydrogen) atoms. The molecule has 0 aliphatic heterocycles. The number of hydrogen-bond acceptors (Lipinski definition) is 5. The summed E-state index contributed by atoms with van der Waals surface area (Å²) in [6, 6.07) is 2.26. The van der Waals surface area contributed by atoms with Gasteiger partial charge in [-0.25, -0.2) is 0 Å². The SMILES string of the molecule is CCNC(C)(C#N)CCOCCOCCOC. The molecule has 1 unspecified atom stereocenters. The van der Waals surface area contributed by atoms with Crippen LogP contribution in [0.2, 0.25) is 0 Å². The normalized spacial score (nSPS) is 14.2. The average molecular weight is 244 g/mol. The molecule has 1 atom stereocenters. The Balaban J connectivity index is 3.41. The van der Waals surface area contributed by atoms with E-state index < -0.39 is 5.54 Å². The van der Waals surface area contributed by atoms with Gasteiger partial charge in [0.15, 0.2) is 0 Å². The molecule has 5 heteroatoms. The predicted molar refractivity (Wildman–Crippen MR) is 65.8 cm³/mol. The molecule has 0 spiro atoms. The van der Waals surface area contributed by atoms with E-state index in [9.17, 15) is 0 Å². The third-order valence-electron chi connectivity index (χ3n) is 2.36. The Morgan fingerprint density at radius 1 is 1.12 bits per heavy atom. The number of nitrogens with zero attached hydrogens (tertiary/aromatic N) is 1. The second-order valence-corrected chi connectivity index (χ2v) is 3.94. The van der Waals surface area contributed by atoms with Crippen LogP contribution < -0.4 is 5.32 Å². The van der Waals surface area contributed by atoms with E-state index in [4.69, 9.17) is 19.5 Å². The maximum atomic E-state index is 9.01. The van der Waals surface area contributed by atoms with Crippen molar-refractivity contribution in [3.8, 4) is 6.07 Å². The smallest absolute Gasteiger partial charge is 0.106 e. The van der Waals surface area contributed by atoms with Gasteiger partial charge in [-0.3, -0.25) is 5.32 Å². The predicted octanol–water partition coefficient (Wildman–Crippen LogP) is 0.948. The highest BCUT2D eigenvalue weighted by atomic mass is 16.5. The molecule has 0 aromatic carbocycles. The molecule has 0 rings (SSSR count). The fourth-order valence-corrected chi connectivity index (χ4v) is 1.31. The molecule has 0 saturated heterocycles. The van der Waals surface area contributed by atoms with Crippen molar-refractivity contribution >= 4 is 0 Å². The van der Waals surface area contributed by atoms with Crippen LogP contribution in [-0.2, 0) is 14.2 Å². The molecule has 0 fully saturated rings. The highest BCUT2D eigenvalue weighted by Gasteiger charge is 2.21. The lowest BCUT2D eigenvalue weighted by Gasteiger charge is -2.22. The van der Waals surface area contributed by atoms with Crippen molar-refractivity contribution in [3.05, 3.63) is 0 Å². The fourth-order valence-electron chi connectivity index (χ4n) is 1.31. The highest BCUT2D eigenvalue weighted by Crippen LogP contribution is 2.07. The van der Waals surface area contributed by atoms with Gasteiger partial charge in [0.2, 0.25) is 0 Å². The molecule has 5 nitrogen and oxygen atoms in total. The summed E-state index contributed by atoms with van der Waals surface area (Å²) in [5, 5.41) is 12.1. The van der Waals surface area contributed by atoms with Crippen LogP contribution in [0.25, 0.3) is 0 Å². The van der Waals surface area contributed by atoms with Gasteiger partial charge in [0.25, 0.3) is 0 Å². The van der Waals surface area contributed by atoms with Crippen molar-refractivity contribution < 1.29 is 14.2 Å². The van der Waals surface area contributed by atoms with E-state index in [-0.39, 0.29) is 0 Å². The molecule has 0 aliphatic carbocycles. The molecule has 0 aliphatic rings. The van der Waals surface area contributed by atoms with Crippen LogP contribution in [0.4, 0.5) is 0 Å². The van der Waals surface area contributed by atoms with Crippen LogP contribution in [0, 0.1) is 11.3 Å². The zero-order chi connectivity index (χ0) is 13.0. The minimum atomic E-state index is -0.494. The summed E-state index contributed by atoms with van der Waals surface area (Å²) >= 11 is 0. The van der Waals surface area contributed by atoms with Crippen molar-refractivity contribution in [1.82, 2.24) is 5.32 Å². The van der Waals surface area contributed by atoms with Gasteiger partial charge in [-0.1, -0.05) is 6.92 Å². The number of rotatable bonds is 11. The van der Waals surface area contributed by atoms with Crippen molar-refractivity contribution in [1.29, 1.82) is 5.26 Å². The number of nitrogens with one attached hydrogen (secondary N) is 1. The van der Waals surface area contributed by atoms with Crippen molar-refractivity contribution in [2.75, 3.05) is 46.7 Å². The molecule has 0 aromatic heterocycles. The lowest BCUT2D eigenvalue weighted by molar-refractivity contribution is 0.0217. The van der Waals surface area contributed by atoms with Crippen LogP contribution >= 0.6 is 0 Å². The quantitative estimate of drug-likeness (QED) is 0.548. The lowest BCUT2D eigenvalue weighted by Crippen LogP contribution is -2.41. The average Bonchev–Trinajstić information content (AvgIpc) is 2.33. The monoisotopic (exact) mass is 244 g/mol. The van der Waals surface area contributed by atoms with Crippen molar-refractivity contribution in [2.24, 2.45) is 0 Å². The molecule has 0 heterocycles. The van der Waals surface area contributed by atoms with Gasteiger partial charge in [-0.05, 0) is 13.5 Å². The topological polar surface area (TPSA) is 63.5 Å². The van der Waals surface area contributed by atoms with E-state index >= 15 is 0 Å². The minimum Gasteiger partial charge on any atom is -0.382 e. The Labute approximate surface area is 104 Å². The fraction of sp³-hybridized carbons (Fsp3) is 0.917. The van der Waals surface area contributed by atoms with Gasteiger partial charge in [0.05, 0.1) is 32.5 Å². The van der Waals surface area contributed by atoms with E-state index in [0.29, 0.717) is 39.5 Å². The molecule has 0 amide bonds. The third kappa shape index (κ3) is 9.07. The van der Waals surface area contributed by atoms with Crippen molar-refractivity contribution in [3.63, 3.8) is 0 Å². The molecular weight excluding hydrogens is 220 g/mol. The van der Waals surface area contributed by atoms with Gasteiger partial charge in [-0.2, -0.15) is 5.26 Å². The number of hydrogen-bond donors (Lipinski definition) is 1. The standard InChI is InChI=1S/C12H24N2O3/c1-4-14-12(2,11-13)5-6-16-9-10-17-8-7-15-3/h14H,4-10H2,1-3H3. The van der Waals surface area contributed by atoms with E-state index in [1.54, 1.807) is 7.11 Å². The first-order chi connectivity index (χ1) is 8.18. The van der Waals surface area contributed by atoms with Gasteiger partial charge in [-0.15, -0.1) is 0 Å². The molecule has 0 bridgehead atoms. The molecule has 0 radical (unpaired) electrons. The first-order valence-electron chi connectivity index (χ1n) is 5.99. The zero-order valence-corrected chi connectivity index (χ0v) is 11.1. The summed E-state index contributed by atoms with van der Waals surface area (Å²) in [5.41, 5.74) is -0.494. The zero-order valence-electron chi connectivity index (χ0n) is 11.1. The molecule has 0 aromatic rings. The maximum absolute atomic E-state index is 9.01. The van der Waals surface area contributed by atoms with E-state index in [1.807, 2.05) is 13.8 Å². The number of ether oxygens (including phenoxy) is 3. The highest BCUT2D eigenvalue weighted by molar-refractivity contribution is 5.03. The van der Waals surface area contributed by atoms with Gasteiger partial charge >= 0.3 is 0 Å². The Kier molecular flexibility index (Phi) is 10.1. The summed E-state index contributed by atoms with van der Waals surface area (Å²) in [7, 11) is 1.64. The van der Waals surface area contributed by atoms with Crippen LogP contribution in [0.3, 0.4) is 0 Å². The summed E-state index contributed by atoms with van der Waals surface area (Å²) in [6.07, 6.45) is 0.676. The first-order valence-corrected chi connectivity index (χ1v) is 5.99. The first kappa shape index (κ1) is 16.3.